The van der Waals surface area contributed by atoms with E-state index in [1.54, 1.807) is 6.07 Å². The summed E-state index contributed by atoms with van der Waals surface area (Å²) in [4.78, 5) is 0. The third-order valence-electron chi connectivity index (χ3n) is 13.0. The highest BCUT2D eigenvalue weighted by atomic mass is 14.3. The van der Waals surface area contributed by atoms with Crippen molar-refractivity contribution in [2.45, 2.75) is 13.8 Å². The van der Waals surface area contributed by atoms with E-state index in [1.807, 2.05) is 12.1 Å². The average Bonchev–Trinajstić information content (AvgIpc) is 3.80. The first-order valence-electron chi connectivity index (χ1n) is 20.5. The molecular formula is C58H34N2. The molecule has 2 nitrogen and oxygen atoms in total. The predicted molar refractivity (Wildman–Crippen MR) is 252 cm³/mol. The summed E-state index contributed by atoms with van der Waals surface area (Å²) in [5.74, 6) is 0. The molecule has 2 heteroatoms. The van der Waals surface area contributed by atoms with Crippen LogP contribution in [0.2, 0.25) is 0 Å². The van der Waals surface area contributed by atoms with Crippen LogP contribution in [0.4, 0.5) is 0 Å². The molecule has 12 rings (SSSR count). The molecule has 0 atom stereocenters. The van der Waals surface area contributed by atoms with Crippen LogP contribution in [-0.4, -0.2) is 0 Å². The van der Waals surface area contributed by atoms with Crippen molar-refractivity contribution in [3.8, 4) is 56.6 Å². The minimum atomic E-state index is 0.394. The molecule has 12 aromatic rings. The Hall–Kier alpha value is -8.04. The molecule has 60 heavy (non-hydrogen) atoms. The molecule has 0 unspecified atom stereocenters. The maximum Gasteiger partial charge on any atom is 0.101 e. The average molecular weight is 759 g/mol. The van der Waals surface area contributed by atoms with Crippen LogP contribution in [0.25, 0.3) is 120 Å². The van der Waals surface area contributed by atoms with E-state index in [4.69, 9.17) is 0 Å². The smallest absolute Gasteiger partial charge is 0.101 e. The lowest BCUT2D eigenvalue weighted by molar-refractivity contribution is 1.38. The second-order valence-electron chi connectivity index (χ2n) is 16.2. The Morgan fingerprint density at radius 1 is 0.300 bits per heavy atom. The highest BCUT2D eigenvalue weighted by Gasteiger charge is 2.27. The summed E-state index contributed by atoms with van der Waals surface area (Å²) < 4.78 is 0. The van der Waals surface area contributed by atoms with E-state index < -0.39 is 0 Å². The molecule has 0 aliphatic carbocycles. The van der Waals surface area contributed by atoms with E-state index in [1.165, 1.54) is 109 Å². The molecule has 0 fully saturated rings. The topological polar surface area (TPSA) is 47.6 Å². The fourth-order valence-corrected chi connectivity index (χ4v) is 10.7. The van der Waals surface area contributed by atoms with Gasteiger partial charge < -0.3 is 0 Å². The first kappa shape index (κ1) is 34.0. The minimum Gasteiger partial charge on any atom is -0.192 e. The molecule has 0 radical (unpaired) electrons. The van der Waals surface area contributed by atoms with Gasteiger partial charge in [0.1, 0.15) is 12.1 Å². The molecule has 0 heterocycles. The number of hydrogen-bond acceptors (Lipinski definition) is 2. The summed E-state index contributed by atoms with van der Waals surface area (Å²) in [6, 6.07) is 66.2. The van der Waals surface area contributed by atoms with Gasteiger partial charge in [-0.2, -0.15) is 10.5 Å². The lowest BCUT2D eigenvalue weighted by Gasteiger charge is -2.19. The monoisotopic (exact) mass is 758 g/mol. The van der Waals surface area contributed by atoms with Crippen molar-refractivity contribution in [3.05, 3.63) is 192 Å². The summed E-state index contributed by atoms with van der Waals surface area (Å²) in [5.41, 5.74) is 12.5. The van der Waals surface area contributed by atoms with Crippen LogP contribution in [-0.2, 0) is 0 Å². The second-order valence-corrected chi connectivity index (χ2v) is 16.2. The van der Waals surface area contributed by atoms with Crippen LogP contribution in [0.1, 0.15) is 22.3 Å². The zero-order chi connectivity index (χ0) is 40.2. The van der Waals surface area contributed by atoms with E-state index in [-0.39, 0.29) is 0 Å². The third-order valence-corrected chi connectivity index (χ3v) is 13.0. The molecule has 0 aliphatic rings. The van der Waals surface area contributed by atoms with Gasteiger partial charge in [-0.05, 0) is 163 Å². The van der Waals surface area contributed by atoms with Crippen molar-refractivity contribution in [2.24, 2.45) is 0 Å². The number of hydrogen-bond donors (Lipinski definition) is 0. The number of nitriles is 2. The second kappa shape index (κ2) is 12.7. The molecule has 0 aromatic heterocycles. The standard InChI is InChI=1S/C58H34N2/c1-33-27-39(37-23-24-38(31-59)40(29-37)32-60)28-34(2)51(33)45-25-26-48-54-44(45)20-12-22-47(54)58-53(36-15-7-4-8-16-36)56-46-21-11-19-43-41-17-9-10-18-42(41)49(55(43)46)30-50(56)52(57(48)58)35-13-5-3-6-14-35/h3-30H,1-2H3. The molecule has 0 bridgehead atoms. The first-order valence-corrected chi connectivity index (χ1v) is 20.5. The first-order chi connectivity index (χ1) is 29.5. The summed E-state index contributed by atoms with van der Waals surface area (Å²) in [6.45, 7) is 4.37. The van der Waals surface area contributed by atoms with Crippen LogP contribution in [0.5, 0.6) is 0 Å². The molecule has 0 spiro atoms. The zero-order valence-corrected chi connectivity index (χ0v) is 33.1. The Morgan fingerprint density at radius 3 is 1.52 bits per heavy atom. The highest BCUT2D eigenvalue weighted by molar-refractivity contribution is 6.45. The quantitative estimate of drug-likeness (QED) is 0.168. The van der Waals surface area contributed by atoms with Crippen LogP contribution in [0, 0.1) is 36.5 Å². The predicted octanol–water partition coefficient (Wildman–Crippen LogP) is 15.7. The molecule has 0 saturated heterocycles. The van der Waals surface area contributed by atoms with Gasteiger partial charge in [-0.3, -0.25) is 0 Å². The van der Waals surface area contributed by atoms with Gasteiger partial charge in [-0.25, -0.2) is 0 Å². The zero-order valence-electron chi connectivity index (χ0n) is 33.1. The molecule has 0 aliphatic heterocycles. The maximum absolute atomic E-state index is 9.76. The number of rotatable bonds is 4. The number of aryl methyl sites for hydroxylation is 2. The Morgan fingerprint density at radius 2 is 0.833 bits per heavy atom. The molecule has 12 aromatic carbocycles. The molecule has 0 saturated carbocycles. The third kappa shape index (κ3) is 4.62. The van der Waals surface area contributed by atoms with Crippen LogP contribution >= 0.6 is 0 Å². The van der Waals surface area contributed by atoms with Crippen molar-refractivity contribution in [3.63, 3.8) is 0 Å². The van der Waals surface area contributed by atoms with Crippen molar-refractivity contribution < 1.29 is 0 Å². The minimum absolute atomic E-state index is 0.394. The van der Waals surface area contributed by atoms with E-state index in [2.05, 4.69) is 178 Å². The summed E-state index contributed by atoms with van der Waals surface area (Å²) in [6.07, 6.45) is 0. The van der Waals surface area contributed by atoms with Gasteiger partial charge in [0.25, 0.3) is 0 Å². The van der Waals surface area contributed by atoms with Gasteiger partial charge in [-0.15, -0.1) is 0 Å². The van der Waals surface area contributed by atoms with E-state index in [0.717, 1.165) is 22.3 Å². The van der Waals surface area contributed by atoms with Gasteiger partial charge in [0.15, 0.2) is 0 Å². The normalized spacial score (nSPS) is 11.8. The van der Waals surface area contributed by atoms with Crippen molar-refractivity contribution >= 4 is 75.4 Å². The van der Waals surface area contributed by atoms with Crippen molar-refractivity contribution in [1.29, 1.82) is 10.5 Å². The maximum atomic E-state index is 9.76. The highest BCUT2D eigenvalue weighted by Crippen LogP contribution is 2.55. The lowest BCUT2D eigenvalue weighted by Crippen LogP contribution is -1.93. The Bertz CT molecular complexity index is 3820. The number of nitrogens with zero attached hydrogens (tertiary/aromatic N) is 2. The Kier molecular flexibility index (Phi) is 7.22. The van der Waals surface area contributed by atoms with E-state index in [0.29, 0.717) is 11.1 Å². The fraction of sp³-hybridized carbons (Fsp3) is 0.0345. The largest absolute Gasteiger partial charge is 0.192 e. The fourth-order valence-electron chi connectivity index (χ4n) is 10.7. The Labute approximate surface area is 347 Å². The number of fused-ring (bicyclic) bond motifs is 8. The van der Waals surface area contributed by atoms with Gasteiger partial charge in [-0.1, -0.05) is 152 Å². The molecule has 0 N–H and O–H groups in total. The van der Waals surface area contributed by atoms with Gasteiger partial charge >= 0.3 is 0 Å². The summed E-state index contributed by atoms with van der Waals surface area (Å²) in [5, 5.41) is 37.3. The van der Waals surface area contributed by atoms with Gasteiger partial charge in [0.05, 0.1) is 11.1 Å². The molecule has 0 amide bonds. The summed E-state index contributed by atoms with van der Waals surface area (Å²) in [7, 11) is 0. The van der Waals surface area contributed by atoms with Crippen LogP contribution in [0.15, 0.2) is 170 Å². The van der Waals surface area contributed by atoms with E-state index >= 15 is 0 Å². The van der Waals surface area contributed by atoms with Crippen LogP contribution in [0.3, 0.4) is 0 Å². The SMILES string of the molecule is Cc1cc(-c2ccc(C#N)c(C#N)c2)cc(C)c1-c1ccc2c3c(-c4ccccc4)c4cc5c6ccccc6c6cccc(c4c(-c4ccccc4)c3c3cccc1c23)c65. The molecular weight excluding hydrogens is 725 g/mol. The van der Waals surface area contributed by atoms with E-state index in [9.17, 15) is 10.5 Å². The van der Waals surface area contributed by atoms with Crippen molar-refractivity contribution in [2.75, 3.05) is 0 Å². The van der Waals surface area contributed by atoms with Gasteiger partial charge in [0, 0.05) is 0 Å². The number of benzene rings is 10. The molecule has 276 valence electrons. The van der Waals surface area contributed by atoms with Crippen molar-refractivity contribution in [1.82, 2.24) is 0 Å². The van der Waals surface area contributed by atoms with Crippen LogP contribution < -0.4 is 0 Å². The Balaban J connectivity index is 1.24. The summed E-state index contributed by atoms with van der Waals surface area (Å²) >= 11 is 0. The lowest BCUT2D eigenvalue weighted by atomic mass is 9.84. The van der Waals surface area contributed by atoms with Gasteiger partial charge in [0.2, 0.25) is 0 Å².